The maximum absolute atomic E-state index is 11.4. The van der Waals surface area contributed by atoms with E-state index in [2.05, 4.69) is 10.9 Å². The summed E-state index contributed by atoms with van der Waals surface area (Å²) in [5, 5.41) is 0. The molecule has 1 amide bonds. The summed E-state index contributed by atoms with van der Waals surface area (Å²) in [4.78, 5) is 11.4. The summed E-state index contributed by atoms with van der Waals surface area (Å²) >= 11 is 0. The van der Waals surface area contributed by atoms with Gasteiger partial charge in [0.25, 0.3) is 0 Å². The first kappa shape index (κ1) is 15.1. The van der Waals surface area contributed by atoms with E-state index in [1.165, 1.54) is 0 Å². The number of nitrogens with one attached hydrogen (secondary N) is 2. The Hall–Kier alpha value is -1.95. The van der Waals surface area contributed by atoms with Gasteiger partial charge in [-0.2, -0.15) is 0 Å². The second kappa shape index (κ2) is 7.48. The number of hydrogen-bond acceptors (Lipinski definition) is 5. The lowest BCUT2D eigenvalue weighted by Gasteiger charge is -2.14. The number of aryl methyl sites for hydroxylation is 1. The molecular weight excluding hydrogens is 248 g/mol. The largest absolute Gasteiger partial charge is 0.496 e. The smallest absolute Gasteiger partial charge is 0.234 e. The van der Waals surface area contributed by atoms with E-state index in [1.807, 2.05) is 6.07 Å². The zero-order chi connectivity index (χ0) is 14.3. The van der Waals surface area contributed by atoms with Crippen molar-refractivity contribution in [3.63, 3.8) is 0 Å². The van der Waals surface area contributed by atoms with Gasteiger partial charge in [0, 0.05) is 19.5 Å². The third kappa shape index (κ3) is 4.03. The Morgan fingerprint density at radius 1 is 1.05 bits per heavy atom. The number of rotatable bonds is 7. The van der Waals surface area contributed by atoms with Crippen LogP contribution in [0.4, 0.5) is 0 Å². The monoisotopic (exact) mass is 268 g/mol. The van der Waals surface area contributed by atoms with Crippen LogP contribution in [-0.4, -0.2) is 34.3 Å². The number of hydrazine groups is 1. The van der Waals surface area contributed by atoms with Gasteiger partial charge in [-0.05, 0) is 18.1 Å². The molecule has 0 aliphatic heterocycles. The van der Waals surface area contributed by atoms with Crippen molar-refractivity contribution in [3.8, 4) is 17.2 Å². The van der Waals surface area contributed by atoms with Gasteiger partial charge >= 0.3 is 0 Å². The van der Waals surface area contributed by atoms with Crippen molar-refractivity contribution in [1.82, 2.24) is 10.9 Å². The number of carbonyl (C=O) groups excluding carboxylic acids is 1. The number of benzene rings is 1. The molecule has 0 saturated heterocycles. The van der Waals surface area contributed by atoms with Crippen LogP contribution in [0.25, 0.3) is 0 Å². The van der Waals surface area contributed by atoms with Crippen LogP contribution in [0.5, 0.6) is 17.2 Å². The third-order valence-electron chi connectivity index (χ3n) is 2.67. The Balaban J connectivity index is 2.89. The lowest BCUT2D eigenvalue weighted by Crippen LogP contribution is -2.34. The molecule has 0 aliphatic rings. The van der Waals surface area contributed by atoms with E-state index < -0.39 is 0 Å². The summed E-state index contributed by atoms with van der Waals surface area (Å²) in [5.41, 5.74) is 6.01. The number of ether oxygens (including phenoxy) is 3. The Kier molecular flexibility index (Phi) is 5.95. The van der Waals surface area contributed by atoms with E-state index in [-0.39, 0.29) is 5.91 Å². The number of hydrogen-bond donors (Lipinski definition) is 2. The van der Waals surface area contributed by atoms with Crippen molar-refractivity contribution in [2.24, 2.45) is 0 Å². The molecule has 0 spiro atoms. The molecule has 6 nitrogen and oxygen atoms in total. The fourth-order valence-corrected chi connectivity index (χ4v) is 1.74. The van der Waals surface area contributed by atoms with Crippen molar-refractivity contribution >= 4 is 5.91 Å². The fourth-order valence-electron chi connectivity index (χ4n) is 1.74. The van der Waals surface area contributed by atoms with Crippen molar-refractivity contribution < 1.29 is 19.0 Å². The summed E-state index contributed by atoms with van der Waals surface area (Å²) in [6, 6.07) is 3.58. The van der Waals surface area contributed by atoms with Crippen LogP contribution in [0.1, 0.15) is 12.0 Å². The molecule has 1 aromatic rings. The number of carbonyl (C=O) groups is 1. The lowest BCUT2D eigenvalue weighted by atomic mass is 10.1. The molecule has 0 radical (unpaired) electrons. The minimum atomic E-state index is -0.0839. The standard InChI is InChI=1S/C13H20N2O4/c1-14-15-13(16)6-5-9-7-11(18-3)12(19-4)8-10(9)17-2/h7-8,14H,5-6H2,1-4H3,(H,15,16). The minimum absolute atomic E-state index is 0.0839. The van der Waals surface area contributed by atoms with Gasteiger partial charge in [0.05, 0.1) is 21.3 Å². The summed E-state index contributed by atoms with van der Waals surface area (Å²) in [7, 11) is 6.37. The molecule has 19 heavy (non-hydrogen) atoms. The zero-order valence-electron chi connectivity index (χ0n) is 11.7. The van der Waals surface area contributed by atoms with Crippen molar-refractivity contribution in [2.75, 3.05) is 28.4 Å². The highest BCUT2D eigenvalue weighted by atomic mass is 16.5. The Morgan fingerprint density at radius 3 is 2.16 bits per heavy atom. The fraction of sp³-hybridized carbons (Fsp3) is 0.462. The maximum atomic E-state index is 11.4. The average Bonchev–Trinajstić information content (AvgIpc) is 2.44. The Labute approximate surface area is 113 Å². The van der Waals surface area contributed by atoms with Gasteiger partial charge in [0.1, 0.15) is 5.75 Å². The molecule has 0 saturated carbocycles. The zero-order valence-corrected chi connectivity index (χ0v) is 11.7. The molecule has 0 aliphatic carbocycles. The lowest BCUT2D eigenvalue weighted by molar-refractivity contribution is -0.121. The molecule has 1 rings (SSSR count). The van der Waals surface area contributed by atoms with Gasteiger partial charge in [-0.15, -0.1) is 0 Å². The molecule has 0 unspecified atom stereocenters. The van der Waals surface area contributed by atoms with Crippen LogP contribution in [0.2, 0.25) is 0 Å². The van der Waals surface area contributed by atoms with Gasteiger partial charge in [0.2, 0.25) is 5.91 Å². The van der Waals surface area contributed by atoms with E-state index in [4.69, 9.17) is 14.2 Å². The molecule has 0 heterocycles. The van der Waals surface area contributed by atoms with E-state index in [0.717, 1.165) is 5.56 Å². The predicted octanol–water partition coefficient (Wildman–Crippen LogP) is 0.896. The van der Waals surface area contributed by atoms with Crippen molar-refractivity contribution in [1.29, 1.82) is 0 Å². The quantitative estimate of drug-likeness (QED) is 0.719. The highest BCUT2D eigenvalue weighted by molar-refractivity contribution is 5.75. The van der Waals surface area contributed by atoms with Crippen LogP contribution < -0.4 is 25.1 Å². The number of amides is 1. The van der Waals surface area contributed by atoms with E-state index in [0.29, 0.717) is 30.1 Å². The third-order valence-corrected chi connectivity index (χ3v) is 2.67. The first-order valence-electron chi connectivity index (χ1n) is 5.90. The highest BCUT2D eigenvalue weighted by Crippen LogP contribution is 2.35. The number of methoxy groups -OCH3 is 3. The molecule has 106 valence electrons. The first-order valence-corrected chi connectivity index (χ1v) is 5.90. The topological polar surface area (TPSA) is 68.8 Å². The summed E-state index contributed by atoms with van der Waals surface area (Å²) in [6.45, 7) is 0. The first-order chi connectivity index (χ1) is 9.15. The minimum Gasteiger partial charge on any atom is -0.496 e. The maximum Gasteiger partial charge on any atom is 0.234 e. The Morgan fingerprint density at radius 2 is 1.63 bits per heavy atom. The molecule has 0 bridgehead atoms. The van der Waals surface area contributed by atoms with Gasteiger partial charge in [-0.1, -0.05) is 0 Å². The summed E-state index contributed by atoms with van der Waals surface area (Å²) in [5.74, 6) is 1.81. The van der Waals surface area contributed by atoms with Gasteiger partial charge < -0.3 is 14.2 Å². The molecule has 0 fully saturated rings. The van der Waals surface area contributed by atoms with Crippen LogP contribution in [0, 0.1) is 0 Å². The molecule has 0 atom stereocenters. The van der Waals surface area contributed by atoms with Crippen molar-refractivity contribution in [3.05, 3.63) is 17.7 Å². The highest BCUT2D eigenvalue weighted by Gasteiger charge is 2.12. The average molecular weight is 268 g/mol. The molecule has 2 N–H and O–H groups in total. The second-order valence-electron chi connectivity index (χ2n) is 3.82. The summed E-state index contributed by atoms with van der Waals surface area (Å²) in [6.07, 6.45) is 0.906. The SMILES string of the molecule is CNNC(=O)CCc1cc(OC)c(OC)cc1OC. The van der Waals surface area contributed by atoms with Gasteiger partial charge in [0.15, 0.2) is 11.5 Å². The van der Waals surface area contributed by atoms with E-state index >= 15 is 0 Å². The van der Waals surface area contributed by atoms with Crippen LogP contribution in [-0.2, 0) is 11.2 Å². The Bertz CT molecular complexity index is 435. The summed E-state index contributed by atoms with van der Waals surface area (Å²) < 4.78 is 15.7. The molecular formula is C13H20N2O4. The molecule has 0 aromatic heterocycles. The van der Waals surface area contributed by atoms with Gasteiger partial charge in [-0.25, -0.2) is 5.43 Å². The van der Waals surface area contributed by atoms with Crippen molar-refractivity contribution in [2.45, 2.75) is 12.8 Å². The van der Waals surface area contributed by atoms with Crippen LogP contribution in [0.3, 0.4) is 0 Å². The van der Waals surface area contributed by atoms with Crippen LogP contribution >= 0.6 is 0 Å². The van der Waals surface area contributed by atoms with Crippen LogP contribution in [0.15, 0.2) is 12.1 Å². The van der Waals surface area contributed by atoms with E-state index in [9.17, 15) is 4.79 Å². The van der Waals surface area contributed by atoms with Gasteiger partial charge in [-0.3, -0.25) is 10.2 Å². The predicted molar refractivity (Wildman–Crippen MR) is 71.6 cm³/mol. The molecule has 6 heteroatoms. The molecule has 1 aromatic carbocycles. The van der Waals surface area contributed by atoms with E-state index in [1.54, 1.807) is 34.4 Å². The normalized spacial score (nSPS) is 9.89. The second-order valence-corrected chi connectivity index (χ2v) is 3.82.